The van der Waals surface area contributed by atoms with E-state index in [1.807, 2.05) is 31.7 Å². The van der Waals surface area contributed by atoms with Crippen LogP contribution in [0.15, 0.2) is 12.2 Å². The molecule has 3 aliphatic rings. The quantitative estimate of drug-likeness (QED) is 0.656. The summed E-state index contributed by atoms with van der Waals surface area (Å²) in [6, 6.07) is 0. The Balaban J connectivity index is 1.53. The zero-order valence-corrected chi connectivity index (χ0v) is 15.4. The van der Waals surface area contributed by atoms with Gasteiger partial charge in [0.25, 0.3) is 0 Å². The van der Waals surface area contributed by atoms with E-state index in [0.29, 0.717) is 5.41 Å². The van der Waals surface area contributed by atoms with Crippen LogP contribution in [0.1, 0.15) is 72.1 Å². The number of ketones is 1. The lowest BCUT2D eigenvalue weighted by atomic mass is 9.58. The van der Waals surface area contributed by atoms with Crippen LogP contribution in [0.3, 0.4) is 0 Å². The van der Waals surface area contributed by atoms with Crippen molar-refractivity contribution < 1.29 is 14.3 Å². The molecule has 2 aliphatic carbocycles. The van der Waals surface area contributed by atoms with Gasteiger partial charge < -0.3 is 9.64 Å². The van der Waals surface area contributed by atoms with Crippen LogP contribution < -0.4 is 0 Å². The van der Waals surface area contributed by atoms with Crippen molar-refractivity contribution in [1.82, 2.24) is 4.90 Å². The molecule has 1 saturated heterocycles. The SMILES string of the molecule is CC(C)(C)OC(=O)N1CCC2(CC1)CCC1(C=CC(=O)CC1)CC2. The number of rotatable bonds is 0. The van der Waals surface area contributed by atoms with Gasteiger partial charge in [-0.1, -0.05) is 6.08 Å². The molecule has 0 radical (unpaired) electrons. The lowest BCUT2D eigenvalue weighted by Crippen LogP contribution is -2.47. The maximum atomic E-state index is 12.2. The van der Waals surface area contributed by atoms with Crippen LogP contribution in [0.2, 0.25) is 0 Å². The first kappa shape index (κ1) is 17.5. The Labute approximate surface area is 145 Å². The molecule has 1 aliphatic heterocycles. The molecule has 1 heterocycles. The fourth-order valence-corrected chi connectivity index (χ4v) is 4.49. The molecule has 24 heavy (non-hydrogen) atoms. The van der Waals surface area contributed by atoms with E-state index in [2.05, 4.69) is 6.08 Å². The minimum Gasteiger partial charge on any atom is -0.444 e. The molecule has 1 amide bonds. The van der Waals surface area contributed by atoms with Crippen LogP contribution in [-0.2, 0) is 9.53 Å². The van der Waals surface area contributed by atoms with Gasteiger partial charge in [-0.3, -0.25) is 4.79 Å². The third-order valence-electron chi connectivity index (χ3n) is 6.27. The normalized spacial score (nSPS) is 26.0. The zero-order chi connectivity index (χ0) is 17.4. The van der Waals surface area contributed by atoms with Gasteiger partial charge in [0.1, 0.15) is 5.60 Å². The average Bonchev–Trinajstić information content (AvgIpc) is 2.53. The first-order valence-electron chi connectivity index (χ1n) is 9.41. The van der Waals surface area contributed by atoms with E-state index in [9.17, 15) is 9.59 Å². The van der Waals surface area contributed by atoms with Crippen LogP contribution >= 0.6 is 0 Å². The van der Waals surface area contributed by atoms with Crippen molar-refractivity contribution in [3.8, 4) is 0 Å². The molecule has 2 fully saturated rings. The van der Waals surface area contributed by atoms with E-state index < -0.39 is 5.60 Å². The molecule has 3 rings (SSSR count). The van der Waals surface area contributed by atoms with Gasteiger partial charge in [-0.05, 0) is 82.6 Å². The summed E-state index contributed by atoms with van der Waals surface area (Å²) in [5.41, 5.74) is 0.259. The molecule has 0 aromatic heterocycles. The van der Waals surface area contributed by atoms with Gasteiger partial charge in [-0.25, -0.2) is 4.79 Å². The number of ether oxygens (including phenoxy) is 1. The number of carbonyl (C=O) groups is 2. The number of hydrogen-bond acceptors (Lipinski definition) is 3. The lowest BCUT2D eigenvalue weighted by Gasteiger charge is -2.49. The lowest BCUT2D eigenvalue weighted by molar-refractivity contribution is -0.116. The number of nitrogens with zero attached hydrogens (tertiary/aromatic N) is 1. The third-order valence-corrected chi connectivity index (χ3v) is 6.27. The molecule has 134 valence electrons. The molecule has 0 aromatic carbocycles. The molecular weight excluding hydrogens is 302 g/mol. The fourth-order valence-electron chi connectivity index (χ4n) is 4.49. The van der Waals surface area contributed by atoms with E-state index >= 15 is 0 Å². The summed E-state index contributed by atoms with van der Waals surface area (Å²) >= 11 is 0. The number of hydrogen-bond donors (Lipinski definition) is 0. The highest BCUT2D eigenvalue weighted by molar-refractivity contribution is 5.90. The first-order valence-corrected chi connectivity index (χ1v) is 9.41. The molecule has 1 saturated carbocycles. The van der Waals surface area contributed by atoms with Gasteiger partial charge in [0.15, 0.2) is 5.78 Å². The minimum absolute atomic E-state index is 0.168. The van der Waals surface area contributed by atoms with Gasteiger partial charge in [0.2, 0.25) is 0 Å². The van der Waals surface area contributed by atoms with Crippen molar-refractivity contribution in [3.63, 3.8) is 0 Å². The number of allylic oxidation sites excluding steroid dienone is 2. The Morgan fingerprint density at radius 3 is 2.17 bits per heavy atom. The maximum Gasteiger partial charge on any atom is 0.410 e. The highest BCUT2D eigenvalue weighted by atomic mass is 16.6. The van der Waals surface area contributed by atoms with Crippen LogP contribution in [0, 0.1) is 10.8 Å². The molecule has 4 nitrogen and oxygen atoms in total. The van der Waals surface area contributed by atoms with Crippen molar-refractivity contribution in [1.29, 1.82) is 0 Å². The summed E-state index contributed by atoms with van der Waals surface area (Å²) in [6.07, 6.45) is 12.6. The number of likely N-dealkylation sites (tertiary alicyclic amines) is 1. The molecule has 0 bridgehead atoms. The second-order valence-corrected chi connectivity index (χ2v) is 9.13. The van der Waals surface area contributed by atoms with Crippen LogP contribution in [-0.4, -0.2) is 35.5 Å². The smallest absolute Gasteiger partial charge is 0.410 e. The Morgan fingerprint density at radius 2 is 1.67 bits per heavy atom. The van der Waals surface area contributed by atoms with E-state index in [1.165, 1.54) is 25.7 Å². The highest BCUT2D eigenvalue weighted by Gasteiger charge is 2.44. The molecule has 0 N–H and O–H groups in total. The monoisotopic (exact) mass is 333 g/mol. The van der Waals surface area contributed by atoms with Gasteiger partial charge >= 0.3 is 6.09 Å². The summed E-state index contributed by atoms with van der Waals surface area (Å²) in [5.74, 6) is 0.284. The predicted octanol–water partition coefficient (Wildman–Crippen LogP) is 4.48. The molecule has 0 unspecified atom stereocenters. The minimum atomic E-state index is -0.422. The zero-order valence-electron chi connectivity index (χ0n) is 15.4. The fraction of sp³-hybridized carbons (Fsp3) is 0.800. The number of carbonyl (C=O) groups excluding carboxylic acids is 2. The average molecular weight is 333 g/mol. The van der Waals surface area contributed by atoms with Crippen LogP contribution in [0.25, 0.3) is 0 Å². The van der Waals surface area contributed by atoms with Gasteiger partial charge in [-0.15, -0.1) is 0 Å². The standard InChI is InChI=1S/C20H31NO3/c1-18(2,3)24-17(23)21-14-12-20(13-15-21)10-8-19(9-11-20)6-4-16(22)5-7-19/h4,6H,5,7-15H2,1-3H3. The predicted molar refractivity (Wildman–Crippen MR) is 93.8 cm³/mol. The van der Waals surface area contributed by atoms with Gasteiger partial charge in [0, 0.05) is 19.5 Å². The topological polar surface area (TPSA) is 46.6 Å². The van der Waals surface area contributed by atoms with E-state index in [0.717, 1.165) is 38.8 Å². The second kappa shape index (κ2) is 6.20. The summed E-state index contributed by atoms with van der Waals surface area (Å²) in [4.78, 5) is 25.5. The first-order chi connectivity index (χ1) is 11.2. The van der Waals surface area contributed by atoms with Gasteiger partial charge in [-0.2, -0.15) is 0 Å². The number of amides is 1. The summed E-state index contributed by atoms with van der Waals surface area (Å²) in [5, 5.41) is 0. The highest BCUT2D eigenvalue weighted by Crippen LogP contribution is 2.53. The number of piperidine rings is 1. The van der Waals surface area contributed by atoms with Crippen molar-refractivity contribution in [2.45, 2.75) is 77.7 Å². The van der Waals surface area contributed by atoms with Crippen molar-refractivity contribution in [3.05, 3.63) is 12.2 Å². The Kier molecular flexibility index (Phi) is 4.52. The Bertz CT molecular complexity index is 526. The summed E-state index contributed by atoms with van der Waals surface area (Å²) in [6.45, 7) is 7.38. The van der Waals surface area contributed by atoms with Gasteiger partial charge in [0.05, 0.1) is 0 Å². The van der Waals surface area contributed by atoms with Crippen LogP contribution in [0.4, 0.5) is 4.79 Å². The Hall–Kier alpha value is -1.32. The van der Waals surface area contributed by atoms with E-state index in [4.69, 9.17) is 4.74 Å². The molecule has 0 aromatic rings. The van der Waals surface area contributed by atoms with Crippen molar-refractivity contribution >= 4 is 11.9 Å². The van der Waals surface area contributed by atoms with Crippen molar-refractivity contribution in [2.24, 2.45) is 10.8 Å². The summed E-state index contributed by atoms with van der Waals surface area (Å²) in [7, 11) is 0. The molecule has 4 heteroatoms. The molecular formula is C20H31NO3. The molecule has 2 spiro atoms. The Morgan fingerprint density at radius 1 is 1.04 bits per heavy atom. The van der Waals surface area contributed by atoms with E-state index in [1.54, 1.807) is 0 Å². The van der Waals surface area contributed by atoms with E-state index in [-0.39, 0.29) is 17.3 Å². The molecule has 0 atom stereocenters. The largest absolute Gasteiger partial charge is 0.444 e. The maximum absolute atomic E-state index is 12.2. The van der Waals surface area contributed by atoms with Crippen molar-refractivity contribution in [2.75, 3.05) is 13.1 Å². The summed E-state index contributed by atoms with van der Waals surface area (Å²) < 4.78 is 5.50. The second-order valence-electron chi connectivity index (χ2n) is 9.13. The van der Waals surface area contributed by atoms with Crippen LogP contribution in [0.5, 0.6) is 0 Å². The third kappa shape index (κ3) is 3.84.